The van der Waals surface area contributed by atoms with Crippen LogP contribution in [0.4, 0.5) is 0 Å². The summed E-state index contributed by atoms with van der Waals surface area (Å²) in [7, 11) is 0. The van der Waals surface area contributed by atoms with Gasteiger partial charge < -0.3 is 5.32 Å². The fourth-order valence-electron chi connectivity index (χ4n) is 1.77. The highest BCUT2D eigenvalue weighted by Crippen LogP contribution is 2.39. The van der Waals surface area contributed by atoms with E-state index in [1.165, 1.54) is 12.8 Å². The highest BCUT2D eigenvalue weighted by molar-refractivity contribution is 5.47. The van der Waals surface area contributed by atoms with Gasteiger partial charge in [-0.3, -0.25) is 4.79 Å². The number of hydrogen-bond acceptors (Lipinski definition) is 1. The maximum atomic E-state index is 10.3. The second kappa shape index (κ2) is 3.08. The molecule has 0 heterocycles. The van der Waals surface area contributed by atoms with Gasteiger partial charge in [-0.1, -0.05) is 13.8 Å². The molecule has 1 amide bonds. The Kier molecular flexibility index (Phi) is 2.45. The summed E-state index contributed by atoms with van der Waals surface area (Å²) >= 11 is 0. The number of carbonyl (C=O) groups excluding carboxylic acids is 1. The van der Waals surface area contributed by atoms with Gasteiger partial charge in [0.25, 0.3) is 0 Å². The summed E-state index contributed by atoms with van der Waals surface area (Å²) < 4.78 is 0. The molecular weight excluding hydrogens is 150 g/mol. The van der Waals surface area contributed by atoms with Crippen molar-refractivity contribution < 1.29 is 4.79 Å². The van der Waals surface area contributed by atoms with Gasteiger partial charge >= 0.3 is 0 Å². The molecule has 70 valence electrons. The summed E-state index contributed by atoms with van der Waals surface area (Å²) in [6, 6.07) is 0. The molecule has 0 aliphatic heterocycles. The highest BCUT2D eigenvalue weighted by Gasteiger charge is 2.34. The molecule has 12 heavy (non-hydrogen) atoms. The normalized spacial score (nSPS) is 26.2. The largest absolute Gasteiger partial charge is 0.354 e. The first-order valence-electron chi connectivity index (χ1n) is 4.69. The van der Waals surface area contributed by atoms with Crippen LogP contribution in [0.3, 0.4) is 0 Å². The molecule has 1 aliphatic carbocycles. The van der Waals surface area contributed by atoms with Gasteiger partial charge in [0.05, 0.1) is 0 Å². The van der Waals surface area contributed by atoms with Crippen LogP contribution in [0.25, 0.3) is 0 Å². The van der Waals surface area contributed by atoms with Gasteiger partial charge in [-0.2, -0.15) is 0 Å². The molecule has 1 aliphatic rings. The summed E-state index contributed by atoms with van der Waals surface area (Å²) in [6.45, 7) is 6.73. The van der Waals surface area contributed by atoms with Gasteiger partial charge in [-0.25, -0.2) is 0 Å². The summed E-state index contributed by atoms with van der Waals surface area (Å²) in [5, 5.41) is 2.92. The second-order valence-corrected chi connectivity index (χ2v) is 4.99. The average molecular weight is 169 g/mol. The Morgan fingerprint density at radius 2 is 1.58 bits per heavy atom. The van der Waals surface area contributed by atoms with Crippen molar-refractivity contribution in [1.29, 1.82) is 0 Å². The zero-order chi connectivity index (χ0) is 9.24. The van der Waals surface area contributed by atoms with Gasteiger partial charge in [0.1, 0.15) is 0 Å². The zero-order valence-electron chi connectivity index (χ0n) is 8.31. The van der Waals surface area contributed by atoms with Crippen LogP contribution in [0.2, 0.25) is 0 Å². The molecule has 0 bridgehead atoms. The lowest BCUT2D eigenvalue weighted by atomic mass is 9.70. The van der Waals surface area contributed by atoms with Crippen LogP contribution in [-0.4, -0.2) is 11.9 Å². The van der Waals surface area contributed by atoms with Crippen molar-refractivity contribution in [1.82, 2.24) is 5.32 Å². The average Bonchev–Trinajstić information content (AvgIpc) is 1.98. The van der Waals surface area contributed by atoms with E-state index in [0.29, 0.717) is 5.41 Å². The molecule has 0 aromatic carbocycles. The predicted octanol–water partition coefficient (Wildman–Crippen LogP) is 2.09. The molecule has 1 fully saturated rings. The number of carbonyl (C=O) groups is 1. The third kappa shape index (κ3) is 2.23. The molecule has 2 nitrogen and oxygen atoms in total. The summed E-state index contributed by atoms with van der Waals surface area (Å²) in [6.07, 6.45) is 5.48. The van der Waals surface area contributed by atoms with Crippen molar-refractivity contribution in [2.24, 2.45) is 5.41 Å². The fraction of sp³-hybridized carbons (Fsp3) is 0.900. The first-order valence-corrected chi connectivity index (χ1v) is 4.69. The predicted molar refractivity (Wildman–Crippen MR) is 49.9 cm³/mol. The fourth-order valence-corrected chi connectivity index (χ4v) is 1.77. The van der Waals surface area contributed by atoms with Crippen LogP contribution >= 0.6 is 0 Å². The minimum absolute atomic E-state index is 0.0667. The maximum absolute atomic E-state index is 10.3. The van der Waals surface area contributed by atoms with Crippen molar-refractivity contribution in [3.05, 3.63) is 0 Å². The molecule has 0 radical (unpaired) electrons. The molecule has 0 aromatic heterocycles. The van der Waals surface area contributed by atoms with E-state index in [0.717, 1.165) is 19.3 Å². The van der Waals surface area contributed by atoms with Crippen molar-refractivity contribution in [2.45, 2.75) is 52.0 Å². The topological polar surface area (TPSA) is 29.1 Å². The Morgan fingerprint density at radius 1 is 1.08 bits per heavy atom. The van der Waals surface area contributed by atoms with Crippen molar-refractivity contribution in [3.63, 3.8) is 0 Å². The van der Waals surface area contributed by atoms with Crippen molar-refractivity contribution >= 4 is 6.41 Å². The molecule has 0 spiro atoms. The minimum atomic E-state index is 0.0667. The maximum Gasteiger partial charge on any atom is 0.207 e. The lowest BCUT2D eigenvalue weighted by Crippen LogP contribution is -2.45. The lowest BCUT2D eigenvalue weighted by Gasteiger charge is -2.41. The third-order valence-electron chi connectivity index (χ3n) is 3.11. The Morgan fingerprint density at radius 3 is 2.00 bits per heavy atom. The first-order chi connectivity index (χ1) is 5.47. The van der Waals surface area contributed by atoms with E-state index in [1.54, 1.807) is 0 Å². The van der Waals surface area contributed by atoms with Crippen LogP contribution in [0.5, 0.6) is 0 Å². The molecule has 1 N–H and O–H groups in total. The van der Waals surface area contributed by atoms with E-state index < -0.39 is 0 Å². The van der Waals surface area contributed by atoms with Crippen molar-refractivity contribution in [2.75, 3.05) is 0 Å². The Labute approximate surface area is 74.7 Å². The highest BCUT2D eigenvalue weighted by atomic mass is 16.1. The third-order valence-corrected chi connectivity index (χ3v) is 3.11. The van der Waals surface area contributed by atoms with E-state index >= 15 is 0 Å². The van der Waals surface area contributed by atoms with Gasteiger partial charge in [0.15, 0.2) is 0 Å². The van der Waals surface area contributed by atoms with Crippen molar-refractivity contribution in [3.8, 4) is 0 Å². The molecule has 0 atom stereocenters. The molecule has 1 saturated carbocycles. The van der Waals surface area contributed by atoms with E-state index in [1.807, 2.05) is 0 Å². The van der Waals surface area contributed by atoms with E-state index in [4.69, 9.17) is 0 Å². The molecule has 0 saturated heterocycles. The van der Waals surface area contributed by atoms with Gasteiger partial charge in [0, 0.05) is 5.54 Å². The van der Waals surface area contributed by atoms with Crippen LogP contribution in [0.1, 0.15) is 46.5 Å². The van der Waals surface area contributed by atoms with Gasteiger partial charge in [-0.05, 0) is 38.0 Å². The SMILES string of the molecule is CC1(C)CCC(C)(NC=O)CC1. The van der Waals surface area contributed by atoms with E-state index in [2.05, 4.69) is 26.1 Å². The number of hydrogen-bond donors (Lipinski definition) is 1. The Hall–Kier alpha value is -0.530. The summed E-state index contributed by atoms with van der Waals surface area (Å²) in [5.74, 6) is 0. The van der Waals surface area contributed by atoms with Gasteiger partial charge in [0.2, 0.25) is 6.41 Å². The first kappa shape index (κ1) is 9.56. The lowest BCUT2D eigenvalue weighted by molar-refractivity contribution is -0.111. The van der Waals surface area contributed by atoms with Crippen LogP contribution in [0, 0.1) is 5.41 Å². The standard InChI is InChI=1S/C10H19NO/c1-9(2)4-6-10(3,7-5-9)11-8-12/h8H,4-7H2,1-3H3,(H,11,12). The monoisotopic (exact) mass is 169 g/mol. The molecule has 1 rings (SSSR count). The van der Waals surface area contributed by atoms with E-state index in [9.17, 15) is 4.79 Å². The number of nitrogens with one attached hydrogen (secondary N) is 1. The summed E-state index contributed by atoms with van der Waals surface area (Å²) in [4.78, 5) is 10.3. The van der Waals surface area contributed by atoms with Crippen LogP contribution in [-0.2, 0) is 4.79 Å². The number of rotatable bonds is 2. The smallest absolute Gasteiger partial charge is 0.207 e. The van der Waals surface area contributed by atoms with E-state index in [-0.39, 0.29) is 5.54 Å². The second-order valence-electron chi connectivity index (χ2n) is 4.99. The molecular formula is C10H19NO. The van der Waals surface area contributed by atoms with Crippen LogP contribution < -0.4 is 5.32 Å². The Bertz CT molecular complexity index is 165. The van der Waals surface area contributed by atoms with Crippen LogP contribution in [0.15, 0.2) is 0 Å². The number of amides is 1. The zero-order valence-corrected chi connectivity index (χ0v) is 8.31. The molecule has 2 heteroatoms. The molecule has 0 aromatic rings. The molecule has 0 unspecified atom stereocenters. The quantitative estimate of drug-likeness (QED) is 0.630. The van der Waals surface area contributed by atoms with Gasteiger partial charge in [-0.15, -0.1) is 0 Å². The minimum Gasteiger partial charge on any atom is -0.354 e. The Balaban J connectivity index is 2.49. The summed E-state index contributed by atoms with van der Waals surface area (Å²) in [5.41, 5.74) is 0.543.